The molecule has 0 N–H and O–H groups in total. The van der Waals surface area contributed by atoms with Crippen LogP contribution in [0.4, 0.5) is 0 Å². The summed E-state index contributed by atoms with van der Waals surface area (Å²) in [7, 11) is 0.585. The van der Waals surface area contributed by atoms with E-state index in [2.05, 4.69) is 65.3 Å². The maximum atomic E-state index is 6.51. The van der Waals surface area contributed by atoms with Gasteiger partial charge >= 0.3 is 0 Å². The number of ether oxygens (including phenoxy) is 1. The molecule has 0 heterocycles. The highest BCUT2D eigenvalue weighted by atomic mass is 33.0. The Hall–Kier alpha value is 0.374. The number of benzene rings is 1. The molecule has 0 spiro atoms. The van der Waals surface area contributed by atoms with Crippen molar-refractivity contribution >= 4 is 48.9 Å². The molecular formula is C18H35O3PS2Si2. The van der Waals surface area contributed by atoms with Crippen LogP contribution in [0.5, 0.6) is 5.75 Å². The lowest BCUT2D eigenvalue weighted by Gasteiger charge is -2.33. The highest BCUT2D eigenvalue weighted by Gasteiger charge is 2.32. The van der Waals surface area contributed by atoms with Crippen LogP contribution in [0.25, 0.3) is 0 Å². The van der Waals surface area contributed by atoms with Crippen molar-refractivity contribution in [3.05, 3.63) is 24.3 Å². The first-order chi connectivity index (χ1) is 11.7. The summed E-state index contributed by atoms with van der Waals surface area (Å²) in [5, 5.41) is 1.11. The molecule has 26 heavy (non-hydrogen) atoms. The summed E-state index contributed by atoms with van der Waals surface area (Å²) in [5.74, 6) is 0.845. The predicted octanol–water partition coefficient (Wildman–Crippen LogP) is 6.09. The van der Waals surface area contributed by atoms with Crippen LogP contribution in [-0.4, -0.2) is 35.9 Å². The minimum atomic E-state index is -2.17. The molecule has 0 saturated carbocycles. The average molecular weight is 451 g/mol. The zero-order chi connectivity index (χ0) is 20.2. The lowest BCUT2D eigenvalue weighted by atomic mass is 9.97. The number of hydrogen-bond acceptors (Lipinski definition) is 5. The highest BCUT2D eigenvalue weighted by Crippen LogP contribution is 2.63. The van der Waals surface area contributed by atoms with Crippen molar-refractivity contribution in [1.29, 1.82) is 0 Å². The van der Waals surface area contributed by atoms with E-state index in [1.165, 1.54) is 0 Å². The molecule has 0 aromatic heterocycles. The minimum absolute atomic E-state index is 0.0587. The second kappa shape index (κ2) is 9.25. The van der Waals surface area contributed by atoms with Crippen LogP contribution in [0.3, 0.4) is 0 Å². The Labute approximate surface area is 171 Å². The first-order valence-electron chi connectivity index (χ1n) is 8.90. The molecule has 3 nitrogen and oxygen atoms in total. The summed E-state index contributed by atoms with van der Waals surface area (Å²) in [5.41, 5.74) is -2.23. The Balaban J connectivity index is 2.97. The van der Waals surface area contributed by atoms with Crippen molar-refractivity contribution in [1.82, 2.24) is 0 Å². The first kappa shape index (κ1) is 24.4. The number of methoxy groups -OCH3 is 1. The quantitative estimate of drug-likeness (QED) is 0.317. The molecule has 1 unspecified atom stereocenters. The third-order valence-electron chi connectivity index (χ3n) is 3.30. The maximum absolute atomic E-state index is 6.51. The summed E-state index contributed by atoms with van der Waals surface area (Å²) in [4.78, 5) is 0. The molecule has 1 atom stereocenters. The van der Waals surface area contributed by atoms with Gasteiger partial charge in [-0.15, -0.1) is 10.8 Å². The molecule has 0 aliphatic carbocycles. The Morgan fingerprint density at radius 1 is 1.00 bits per heavy atom. The van der Waals surface area contributed by atoms with Crippen LogP contribution in [0.2, 0.25) is 39.3 Å². The highest BCUT2D eigenvalue weighted by molar-refractivity contribution is 8.82. The van der Waals surface area contributed by atoms with Gasteiger partial charge in [-0.05, 0) is 43.9 Å². The Morgan fingerprint density at radius 2 is 1.54 bits per heavy atom. The molecule has 0 amide bonds. The topological polar surface area (TPSA) is 27.7 Å². The SMILES string of the molecule is COc1ccc(P(=S)(OCC(C)(C)CO[Si](C)(C)C)S[Si](C)(C)C)cc1. The lowest BCUT2D eigenvalue weighted by Crippen LogP contribution is -2.34. The fourth-order valence-corrected chi connectivity index (χ4v) is 22.5. The maximum Gasteiger partial charge on any atom is 0.183 e. The van der Waals surface area contributed by atoms with Gasteiger partial charge in [0.1, 0.15) is 18.4 Å². The smallest absolute Gasteiger partial charge is 0.183 e. The van der Waals surface area contributed by atoms with Crippen LogP contribution in [-0.2, 0) is 20.8 Å². The standard InChI is InChI=1S/C18H35O3PS2Si2/c1-18(2,15-21-25(4,5)6)14-20-22(23,24-26(7,8)9)17-12-10-16(19-3)11-13-17/h10-13H,14-15H2,1-9H3. The molecule has 0 aliphatic rings. The largest absolute Gasteiger partial charge is 0.497 e. The molecule has 0 bridgehead atoms. The van der Waals surface area contributed by atoms with Crippen LogP contribution in [0.15, 0.2) is 24.3 Å². The monoisotopic (exact) mass is 450 g/mol. The van der Waals surface area contributed by atoms with E-state index in [-0.39, 0.29) is 5.41 Å². The van der Waals surface area contributed by atoms with Gasteiger partial charge in [0, 0.05) is 17.3 Å². The van der Waals surface area contributed by atoms with Gasteiger partial charge in [-0.2, -0.15) is 0 Å². The normalized spacial score (nSPS) is 15.6. The van der Waals surface area contributed by atoms with Gasteiger partial charge in [-0.25, -0.2) is 0 Å². The van der Waals surface area contributed by atoms with E-state index in [9.17, 15) is 0 Å². The summed E-state index contributed by atoms with van der Waals surface area (Å²) in [6, 6.07) is 8.09. The van der Waals surface area contributed by atoms with Crippen molar-refractivity contribution < 1.29 is 13.7 Å². The van der Waals surface area contributed by atoms with Crippen LogP contribution >= 0.6 is 16.3 Å². The third kappa shape index (κ3) is 9.04. The molecular weight excluding hydrogens is 415 g/mol. The second-order valence-electron chi connectivity index (χ2n) is 9.24. The summed E-state index contributed by atoms with van der Waals surface area (Å²) < 4.78 is 17.9. The van der Waals surface area contributed by atoms with Gasteiger partial charge in [-0.1, -0.05) is 45.3 Å². The van der Waals surface area contributed by atoms with E-state index in [0.29, 0.717) is 13.2 Å². The van der Waals surface area contributed by atoms with Crippen LogP contribution in [0.1, 0.15) is 13.8 Å². The van der Waals surface area contributed by atoms with Crippen LogP contribution < -0.4 is 10.0 Å². The number of rotatable bonds is 10. The fraction of sp³-hybridized carbons (Fsp3) is 0.667. The van der Waals surface area contributed by atoms with Gasteiger partial charge in [0.2, 0.25) is 0 Å². The molecule has 1 aromatic rings. The predicted molar refractivity (Wildman–Crippen MR) is 127 cm³/mol. The van der Waals surface area contributed by atoms with Crippen molar-refractivity contribution in [2.24, 2.45) is 5.41 Å². The molecule has 0 saturated heterocycles. The molecule has 1 rings (SSSR count). The van der Waals surface area contributed by atoms with E-state index >= 15 is 0 Å². The van der Waals surface area contributed by atoms with E-state index in [1.807, 2.05) is 23.0 Å². The fourth-order valence-electron chi connectivity index (χ4n) is 1.99. The summed E-state index contributed by atoms with van der Waals surface area (Å²) >= 11 is 6.14. The summed E-state index contributed by atoms with van der Waals surface area (Å²) in [6.07, 6.45) is 0. The molecule has 0 aliphatic heterocycles. The zero-order valence-corrected chi connectivity index (χ0v) is 22.2. The van der Waals surface area contributed by atoms with Gasteiger partial charge in [0.25, 0.3) is 0 Å². The van der Waals surface area contributed by atoms with E-state index in [4.69, 9.17) is 25.5 Å². The van der Waals surface area contributed by atoms with Gasteiger partial charge < -0.3 is 13.7 Å². The van der Waals surface area contributed by atoms with E-state index in [0.717, 1.165) is 11.1 Å². The van der Waals surface area contributed by atoms with Crippen molar-refractivity contribution in [2.45, 2.75) is 53.1 Å². The van der Waals surface area contributed by atoms with E-state index in [1.54, 1.807) is 7.11 Å². The molecule has 8 heteroatoms. The molecule has 0 fully saturated rings. The van der Waals surface area contributed by atoms with Crippen molar-refractivity contribution in [2.75, 3.05) is 20.3 Å². The van der Waals surface area contributed by atoms with E-state index < -0.39 is 21.0 Å². The van der Waals surface area contributed by atoms with Crippen molar-refractivity contribution in [3.63, 3.8) is 0 Å². The Morgan fingerprint density at radius 3 is 1.96 bits per heavy atom. The van der Waals surface area contributed by atoms with Gasteiger partial charge in [-0.3, -0.25) is 0 Å². The third-order valence-corrected chi connectivity index (χ3v) is 19.9. The first-order valence-corrected chi connectivity index (χ1v) is 20.7. The Kier molecular flexibility index (Phi) is 8.68. The lowest BCUT2D eigenvalue weighted by molar-refractivity contribution is 0.116. The van der Waals surface area contributed by atoms with Crippen molar-refractivity contribution in [3.8, 4) is 5.75 Å². The minimum Gasteiger partial charge on any atom is -0.497 e. The summed E-state index contributed by atoms with van der Waals surface area (Å²) in [6.45, 7) is 19.3. The Bertz CT molecular complexity index is 623. The van der Waals surface area contributed by atoms with Gasteiger partial charge in [0.15, 0.2) is 8.32 Å². The molecule has 150 valence electrons. The molecule has 0 radical (unpaired) electrons. The second-order valence-corrected chi connectivity index (χ2v) is 29.6. The zero-order valence-electron chi connectivity index (χ0n) is 17.7. The molecule has 1 aromatic carbocycles. The number of hydrogen-bond donors (Lipinski definition) is 0. The van der Waals surface area contributed by atoms with Gasteiger partial charge in [0.05, 0.1) is 13.7 Å². The van der Waals surface area contributed by atoms with Crippen LogP contribution in [0, 0.1) is 5.41 Å². The average Bonchev–Trinajstić information content (AvgIpc) is 2.49.